The number of anilines is 2. The number of aromatic nitrogens is 4. The molecule has 3 aliphatic rings. The van der Waals surface area contributed by atoms with E-state index in [-0.39, 0.29) is 89.3 Å². The summed E-state index contributed by atoms with van der Waals surface area (Å²) < 4.78 is 64.8. The maximum atomic E-state index is 15.7. The number of carbonyl (C=O) groups excluding carboxylic acids is 2. The molecule has 3 amide bonds. The van der Waals surface area contributed by atoms with Crippen LogP contribution in [0.15, 0.2) is 47.5 Å². The first kappa shape index (κ1) is 47.8. The predicted octanol–water partition coefficient (Wildman–Crippen LogP) is 5.62. The van der Waals surface area contributed by atoms with Crippen LogP contribution in [0.2, 0.25) is 0 Å². The fraction of sp³-hybridized carbons (Fsp3) is 0.409. The summed E-state index contributed by atoms with van der Waals surface area (Å²) in [5.41, 5.74) is 0.303. The third-order valence-electron chi connectivity index (χ3n) is 11.8. The Hall–Kier alpha value is -4.64. The van der Waals surface area contributed by atoms with Gasteiger partial charge in [0.05, 0.1) is 30.2 Å². The van der Waals surface area contributed by atoms with Crippen LogP contribution in [0.3, 0.4) is 0 Å². The average Bonchev–Trinajstić information content (AvgIpc) is 3.86. The molecule has 3 aromatic carbocycles. The Kier molecular flexibility index (Phi) is 15.5. The molecule has 3 fully saturated rings. The van der Waals surface area contributed by atoms with Crippen molar-refractivity contribution in [1.29, 1.82) is 5.26 Å². The maximum Gasteiger partial charge on any atom is 1.00 e. The minimum atomic E-state index is -0.995. The molecule has 328 valence electrons. The van der Waals surface area contributed by atoms with Gasteiger partial charge in [-0.2, -0.15) is 23.2 Å². The van der Waals surface area contributed by atoms with E-state index in [4.69, 9.17) is 9.47 Å². The number of halogens is 3. The fourth-order valence-electron chi connectivity index (χ4n) is 8.15. The van der Waals surface area contributed by atoms with Crippen molar-refractivity contribution in [3.05, 3.63) is 95.5 Å². The number of nitriles is 1. The standard InChI is InChI=1S/C26H27F2N5O3S.C18H21FN4O2.Na/c1-5-26(6-2)12-16(14-35-26)33-15-30-20-10-11-21(23(28)22(20)25(33)34)36-24-17(13-29)19(9-8-18(24)27)31-37-32(4)7-3;1-22-16-13(17(21-22)23-10-9-14(24)20-18(23)25)8-7-12(15(16)19)11-5-3-2-4-6-11;/h8-11,15-16,31H,1-2,5-7,12,14H2,3-4H3;7-8,11H,2-6,9-10H2,1H3,(H,20,24,25);/q-2;;+1. The Morgan fingerprint density at radius 2 is 1.83 bits per heavy atom. The number of rotatable bonds is 11. The Balaban J connectivity index is 0.000000221. The van der Waals surface area contributed by atoms with Gasteiger partial charge in [0, 0.05) is 49.7 Å². The minimum Gasteiger partial charge on any atom is -0.450 e. The largest absolute Gasteiger partial charge is 1.00 e. The molecule has 2 saturated heterocycles. The SMILES string of the molecule is Cn1nc(N2CCC(=O)NC2=O)c2ccc(C3CCCCC3)c(F)c21.[CH2-]CC1(C[CH2-])CC(n2cnc3ccc(Oc4c(F)ccc(NSN(C)CC)c4C#N)c(F)c3c2=O)CO1.[Na+]. The van der Waals surface area contributed by atoms with E-state index in [9.17, 15) is 24.0 Å². The number of carbonyl (C=O) groups is 2. The summed E-state index contributed by atoms with van der Waals surface area (Å²) in [4.78, 5) is 42.5. The molecule has 19 heteroatoms. The Bertz CT molecular complexity index is 2610. The van der Waals surface area contributed by atoms with Crippen LogP contribution in [0.1, 0.15) is 87.8 Å². The molecule has 63 heavy (non-hydrogen) atoms. The van der Waals surface area contributed by atoms with Crippen LogP contribution in [-0.2, 0) is 16.6 Å². The van der Waals surface area contributed by atoms with Crippen molar-refractivity contribution >= 4 is 57.4 Å². The van der Waals surface area contributed by atoms with Gasteiger partial charge >= 0.3 is 35.6 Å². The van der Waals surface area contributed by atoms with Crippen LogP contribution in [0.5, 0.6) is 11.5 Å². The molecule has 2 aromatic heterocycles. The van der Waals surface area contributed by atoms with Crippen LogP contribution in [0, 0.1) is 42.6 Å². The van der Waals surface area contributed by atoms with Gasteiger partial charge in [-0.15, -0.1) is 0 Å². The van der Waals surface area contributed by atoms with Gasteiger partial charge in [0.15, 0.2) is 34.8 Å². The number of urea groups is 1. The Morgan fingerprint density at radius 3 is 2.49 bits per heavy atom. The quantitative estimate of drug-likeness (QED) is 0.0963. The normalized spacial score (nSPS) is 17.6. The van der Waals surface area contributed by atoms with Gasteiger partial charge in [-0.25, -0.2) is 27.3 Å². The van der Waals surface area contributed by atoms with E-state index < -0.39 is 40.3 Å². The van der Waals surface area contributed by atoms with Gasteiger partial charge in [-0.3, -0.25) is 29.1 Å². The second-order valence-electron chi connectivity index (χ2n) is 15.6. The first-order chi connectivity index (χ1) is 29.8. The van der Waals surface area contributed by atoms with E-state index in [1.165, 1.54) is 57.2 Å². The van der Waals surface area contributed by atoms with Gasteiger partial charge in [-0.05, 0) is 68.1 Å². The van der Waals surface area contributed by atoms with E-state index in [0.717, 1.165) is 43.9 Å². The van der Waals surface area contributed by atoms with E-state index >= 15 is 8.78 Å². The van der Waals surface area contributed by atoms with Crippen molar-refractivity contribution < 1.29 is 61.8 Å². The number of benzene rings is 3. The number of ether oxygens (including phenoxy) is 2. The number of aryl methyl sites for hydroxylation is 1. The molecule has 0 bridgehead atoms. The molecule has 0 spiro atoms. The van der Waals surface area contributed by atoms with E-state index in [1.54, 1.807) is 7.05 Å². The fourth-order valence-corrected chi connectivity index (χ4v) is 8.70. The zero-order valence-corrected chi connectivity index (χ0v) is 38.6. The zero-order chi connectivity index (χ0) is 44.3. The molecule has 14 nitrogen and oxygen atoms in total. The van der Waals surface area contributed by atoms with Crippen molar-refractivity contribution in [3.8, 4) is 17.6 Å². The molecule has 5 aromatic rings. The second-order valence-corrected chi connectivity index (χ2v) is 16.6. The Labute approximate surface area is 390 Å². The van der Waals surface area contributed by atoms with Crippen LogP contribution in [0.4, 0.5) is 29.5 Å². The number of fused-ring (bicyclic) bond motifs is 2. The molecule has 1 saturated carbocycles. The summed E-state index contributed by atoms with van der Waals surface area (Å²) in [5, 5.41) is 16.7. The van der Waals surface area contributed by atoms with Crippen molar-refractivity contribution in [3.63, 3.8) is 0 Å². The maximum absolute atomic E-state index is 15.7. The smallest absolute Gasteiger partial charge is 0.450 e. The van der Waals surface area contributed by atoms with Crippen LogP contribution in [-0.4, -0.2) is 67.9 Å². The number of hydrogen-bond donors (Lipinski definition) is 2. The number of hydrogen-bond acceptors (Lipinski definition) is 11. The first-order valence-electron chi connectivity index (χ1n) is 20.6. The van der Waals surface area contributed by atoms with Gasteiger partial charge in [-0.1, -0.05) is 32.3 Å². The van der Waals surface area contributed by atoms with Crippen LogP contribution >= 0.6 is 12.1 Å². The summed E-state index contributed by atoms with van der Waals surface area (Å²) >= 11 is 1.21. The molecule has 1 unspecified atom stereocenters. The predicted molar refractivity (Wildman–Crippen MR) is 231 cm³/mol. The minimum absolute atomic E-state index is 0. The monoisotopic (exact) mass is 894 g/mol. The zero-order valence-electron chi connectivity index (χ0n) is 35.8. The number of nitrogens with one attached hydrogen (secondary N) is 2. The summed E-state index contributed by atoms with van der Waals surface area (Å²) in [7, 11) is 3.53. The number of amides is 3. The van der Waals surface area contributed by atoms with Gasteiger partial charge in [0.2, 0.25) is 5.91 Å². The van der Waals surface area contributed by atoms with Gasteiger partial charge < -0.3 is 28.0 Å². The summed E-state index contributed by atoms with van der Waals surface area (Å²) in [6, 6.07) is 9.94. The van der Waals surface area contributed by atoms with Crippen molar-refractivity contribution in [2.45, 2.75) is 82.3 Å². The molecular formula is C44H48F3N9NaO5S-. The van der Waals surface area contributed by atoms with E-state index in [1.807, 2.05) is 36.5 Å². The molecule has 2 N–H and O–H groups in total. The van der Waals surface area contributed by atoms with Gasteiger partial charge in [0.1, 0.15) is 22.5 Å². The molecule has 1 atom stereocenters. The summed E-state index contributed by atoms with van der Waals surface area (Å²) in [6.07, 6.45) is 8.59. The molecule has 8 rings (SSSR count). The van der Waals surface area contributed by atoms with Crippen molar-refractivity contribution in [1.82, 2.24) is 29.0 Å². The molecule has 1 aliphatic carbocycles. The Morgan fingerprint density at radius 1 is 1.08 bits per heavy atom. The summed E-state index contributed by atoms with van der Waals surface area (Å²) in [5.74, 6) is -2.57. The van der Waals surface area contributed by atoms with Crippen molar-refractivity contribution in [2.24, 2.45) is 7.05 Å². The van der Waals surface area contributed by atoms with E-state index in [0.29, 0.717) is 41.7 Å². The second kappa shape index (κ2) is 20.5. The summed E-state index contributed by atoms with van der Waals surface area (Å²) in [6.45, 7) is 11.0. The van der Waals surface area contributed by atoms with E-state index in [2.05, 4.69) is 34.0 Å². The average molecular weight is 895 g/mol. The molecule has 0 radical (unpaired) electrons. The van der Waals surface area contributed by atoms with Crippen LogP contribution < -0.4 is 54.8 Å². The molecule has 4 heterocycles. The van der Waals surface area contributed by atoms with Gasteiger partial charge in [0.25, 0.3) is 5.56 Å². The molecular weight excluding hydrogens is 847 g/mol. The third kappa shape index (κ3) is 9.74. The molecule has 2 aliphatic heterocycles. The van der Waals surface area contributed by atoms with Crippen molar-refractivity contribution in [2.75, 3.05) is 36.4 Å². The first-order valence-corrected chi connectivity index (χ1v) is 21.3. The number of nitrogens with zero attached hydrogens (tertiary/aromatic N) is 7. The number of imide groups is 1. The van der Waals surface area contributed by atoms with Crippen LogP contribution in [0.25, 0.3) is 21.8 Å². The topological polar surface area (TPSA) is 160 Å². The third-order valence-corrected chi connectivity index (χ3v) is 12.7.